The SMILES string of the molecule is N=C=N/C(CCl)=N/[S+]1CCCC1. The molecule has 0 bridgehead atoms. The first-order valence-electron chi connectivity index (χ1n) is 3.80. The molecule has 0 aliphatic carbocycles. The molecular formula is C7H11ClN3S+. The molecule has 0 saturated carbocycles. The average molecular weight is 205 g/mol. The quantitative estimate of drug-likeness (QED) is 0.308. The molecule has 1 aliphatic rings. The zero-order chi connectivity index (χ0) is 8.81. The summed E-state index contributed by atoms with van der Waals surface area (Å²) in [6.45, 7) is 0. The smallest absolute Gasteiger partial charge is 0.205 e. The van der Waals surface area contributed by atoms with Crippen molar-refractivity contribution in [2.45, 2.75) is 12.8 Å². The number of hydrogen-bond acceptors (Lipinski definition) is 2. The Hall–Kier alpha value is -0.310. The highest BCUT2D eigenvalue weighted by Gasteiger charge is 2.24. The van der Waals surface area contributed by atoms with Crippen molar-refractivity contribution in [3.63, 3.8) is 0 Å². The molecular weight excluding hydrogens is 194 g/mol. The zero-order valence-electron chi connectivity index (χ0n) is 6.72. The van der Waals surface area contributed by atoms with Gasteiger partial charge in [-0.05, 0) is 17.2 Å². The van der Waals surface area contributed by atoms with Gasteiger partial charge in [0.15, 0.2) is 0 Å². The second-order valence-corrected chi connectivity index (χ2v) is 4.63. The number of nitrogens with zero attached hydrogens (tertiary/aromatic N) is 2. The summed E-state index contributed by atoms with van der Waals surface area (Å²) in [4.78, 5) is 3.65. The largest absolute Gasteiger partial charge is 0.241 e. The van der Waals surface area contributed by atoms with Crippen molar-refractivity contribution in [1.82, 2.24) is 0 Å². The molecule has 0 amide bonds. The summed E-state index contributed by atoms with van der Waals surface area (Å²) in [5.74, 6) is 3.16. The van der Waals surface area contributed by atoms with Crippen LogP contribution in [0.15, 0.2) is 9.39 Å². The zero-order valence-corrected chi connectivity index (χ0v) is 8.29. The summed E-state index contributed by atoms with van der Waals surface area (Å²) >= 11 is 5.71. The van der Waals surface area contributed by atoms with E-state index in [9.17, 15) is 0 Å². The molecule has 5 heteroatoms. The lowest BCUT2D eigenvalue weighted by Gasteiger charge is -1.90. The molecule has 0 radical (unpaired) electrons. The Balaban J connectivity index is 2.55. The molecule has 3 nitrogen and oxygen atoms in total. The van der Waals surface area contributed by atoms with Gasteiger partial charge in [0.1, 0.15) is 22.6 Å². The van der Waals surface area contributed by atoms with Crippen LogP contribution in [0.1, 0.15) is 12.8 Å². The molecule has 12 heavy (non-hydrogen) atoms. The highest BCUT2D eigenvalue weighted by Crippen LogP contribution is 2.14. The summed E-state index contributed by atoms with van der Waals surface area (Å²) in [6.07, 6.45) is 2.52. The minimum absolute atomic E-state index is 0.128. The number of nitrogens with one attached hydrogen (secondary N) is 1. The van der Waals surface area contributed by atoms with Crippen LogP contribution >= 0.6 is 11.6 Å². The van der Waals surface area contributed by atoms with E-state index in [1.165, 1.54) is 12.8 Å². The predicted octanol–water partition coefficient (Wildman–Crippen LogP) is 1.70. The second kappa shape index (κ2) is 5.36. The van der Waals surface area contributed by atoms with E-state index in [1.54, 1.807) is 0 Å². The molecule has 0 aromatic heterocycles. The van der Waals surface area contributed by atoms with Crippen LogP contribution in [0.25, 0.3) is 0 Å². The number of rotatable bonds is 2. The Kier molecular flexibility index (Phi) is 4.36. The van der Waals surface area contributed by atoms with Crippen molar-refractivity contribution in [3.8, 4) is 0 Å². The van der Waals surface area contributed by atoms with E-state index >= 15 is 0 Å². The van der Waals surface area contributed by atoms with Gasteiger partial charge in [-0.25, -0.2) is 5.41 Å². The van der Waals surface area contributed by atoms with Crippen molar-refractivity contribution in [1.29, 1.82) is 5.41 Å². The van der Waals surface area contributed by atoms with Crippen molar-refractivity contribution in [3.05, 3.63) is 0 Å². The van der Waals surface area contributed by atoms with Crippen LogP contribution in [-0.4, -0.2) is 29.2 Å². The number of aliphatic imine (C=N–C) groups is 1. The van der Waals surface area contributed by atoms with Crippen LogP contribution in [0, 0.1) is 5.41 Å². The first kappa shape index (κ1) is 9.78. The van der Waals surface area contributed by atoms with Crippen LogP contribution in [0.5, 0.6) is 0 Å². The molecule has 1 fully saturated rings. The summed E-state index contributed by atoms with van der Waals surface area (Å²) in [7, 11) is 0. The number of amidine groups is 1. The molecule has 0 aromatic carbocycles. The van der Waals surface area contributed by atoms with Crippen LogP contribution < -0.4 is 0 Å². The highest BCUT2D eigenvalue weighted by molar-refractivity contribution is 7.96. The Morgan fingerprint density at radius 1 is 1.50 bits per heavy atom. The highest BCUT2D eigenvalue weighted by atomic mass is 35.5. The minimum Gasteiger partial charge on any atom is -0.241 e. The third-order valence-electron chi connectivity index (χ3n) is 1.55. The Labute approximate surface area is 79.9 Å². The summed E-state index contributed by atoms with van der Waals surface area (Å²) < 4.78 is 4.35. The average Bonchev–Trinajstić information content (AvgIpc) is 2.56. The van der Waals surface area contributed by atoms with Gasteiger partial charge in [0.05, 0.1) is 11.9 Å². The lowest BCUT2D eigenvalue weighted by molar-refractivity contribution is 0.949. The van der Waals surface area contributed by atoms with E-state index in [0.717, 1.165) is 11.5 Å². The standard InChI is InChI=1S/C7H11ClN3S/c8-5-7(10-6-9)11-12-3-1-2-4-12/h9H,1-5H2/q+1/b11-7+. The normalized spacial score (nSPS) is 19.2. The molecule has 0 aromatic rings. The molecule has 0 spiro atoms. The summed E-state index contributed by atoms with van der Waals surface area (Å²) in [6, 6.07) is 1.96. The molecule has 66 valence electrons. The first-order chi connectivity index (χ1) is 5.86. The maximum atomic E-state index is 6.66. The van der Waals surface area contributed by atoms with Crippen molar-refractivity contribution in [2.24, 2.45) is 9.39 Å². The Bertz CT molecular complexity index is 217. The first-order valence-corrected chi connectivity index (χ1v) is 5.86. The van der Waals surface area contributed by atoms with Gasteiger partial charge < -0.3 is 0 Å². The van der Waals surface area contributed by atoms with Gasteiger partial charge >= 0.3 is 0 Å². The van der Waals surface area contributed by atoms with Gasteiger partial charge in [0.25, 0.3) is 0 Å². The third-order valence-corrected chi connectivity index (χ3v) is 3.78. The van der Waals surface area contributed by atoms with Crippen molar-refractivity contribution in [2.75, 3.05) is 17.4 Å². The lowest BCUT2D eigenvalue weighted by Crippen LogP contribution is -2.05. The fraction of sp³-hybridized carbons (Fsp3) is 0.714. The van der Waals surface area contributed by atoms with Gasteiger partial charge in [0.2, 0.25) is 5.84 Å². The fourth-order valence-corrected chi connectivity index (χ4v) is 3.07. The third kappa shape index (κ3) is 2.97. The number of alkyl halides is 1. The predicted molar refractivity (Wildman–Crippen MR) is 54.6 cm³/mol. The monoisotopic (exact) mass is 204 g/mol. The summed E-state index contributed by atoms with van der Waals surface area (Å²) in [5, 5.41) is 6.66. The van der Waals surface area contributed by atoms with Crippen LogP contribution in [0.2, 0.25) is 0 Å². The van der Waals surface area contributed by atoms with E-state index in [2.05, 4.69) is 9.39 Å². The number of hydrogen-bond donors (Lipinski definition) is 1. The second-order valence-electron chi connectivity index (χ2n) is 2.44. The Morgan fingerprint density at radius 3 is 2.67 bits per heavy atom. The fourth-order valence-electron chi connectivity index (χ4n) is 1.02. The van der Waals surface area contributed by atoms with Gasteiger partial charge in [-0.3, -0.25) is 0 Å². The van der Waals surface area contributed by atoms with Crippen LogP contribution in [-0.2, 0) is 11.1 Å². The molecule has 0 unspecified atom stereocenters. The van der Waals surface area contributed by atoms with E-state index in [-0.39, 0.29) is 17.0 Å². The van der Waals surface area contributed by atoms with Crippen LogP contribution in [0.4, 0.5) is 0 Å². The maximum absolute atomic E-state index is 6.66. The van der Waals surface area contributed by atoms with Gasteiger partial charge in [0, 0.05) is 0 Å². The minimum atomic E-state index is 0.128. The van der Waals surface area contributed by atoms with Gasteiger partial charge in [-0.2, -0.15) is 4.99 Å². The van der Waals surface area contributed by atoms with Gasteiger partial charge in [-0.1, -0.05) is 0 Å². The molecule has 0 atom stereocenters. The van der Waals surface area contributed by atoms with Crippen molar-refractivity contribution >= 4 is 34.5 Å². The van der Waals surface area contributed by atoms with E-state index < -0.39 is 0 Å². The topological polar surface area (TPSA) is 48.6 Å². The maximum Gasteiger partial charge on any atom is 0.205 e. The van der Waals surface area contributed by atoms with Crippen LogP contribution in [0.3, 0.4) is 0 Å². The molecule has 1 saturated heterocycles. The molecule has 1 heterocycles. The summed E-state index contributed by atoms with van der Waals surface area (Å²) in [5.41, 5.74) is 0. The van der Waals surface area contributed by atoms with E-state index in [1.807, 2.05) is 6.01 Å². The Morgan fingerprint density at radius 2 is 2.17 bits per heavy atom. The molecule has 1 rings (SSSR count). The molecule has 1 N–H and O–H groups in total. The van der Waals surface area contributed by atoms with Crippen molar-refractivity contribution < 1.29 is 0 Å². The van der Waals surface area contributed by atoms with E-state index in [4.69, 9.17) is 17.0 Å². The van der Waals surface area contributed by atoms with Gasteiger partial charge in [-0.15, -0.1) is 11.6 Å². The molecule has 1 aliphatic heterocycles. The lowest BCUT2D eigenvalue weighted by atomic mass is 10.4. The number of halogens is 1. The van der Waals surface area contributed by atoms with E-state index in [0.29, 0.717) is 5.84 Å².